The Labute approximate surface area is 120 Å². The SMILES string of the molecule is CC1CC(c2ccc(O)cc2)CC(C)(C)C1.O=C(O)O. The van der Waals surface area contributed by atoms with E-state index in [1.54, 1.807) is 0 Å². The molecule has 0 heterocycles. The van der Waals surface area contributed by atoms with Crippen LogP contribution in [0.3, 0.4) is 0 Å². The third-order valence-electron chi connectivity index (χ3n) is 3.75. The van der Waals surface area contributed by atoms with Crippen LogP contribution in [0.2, 0.25) is 0 Å². The molecule has 1 aliphatic carbocycles. The predicted octanol–water partition coefficient (Wildman–Crippen LogP) is 4.54. The van der Waals surface area contributed by atoms with E-state index in [0.717, 1.165) is 5.92 Å². The third-order valence-corrected chi connectivity index (χ3v) is 3.75. The molecule has 2 atom stereocenters. The first-order valence-electron chi connectivity index (χ1n) is 6.90. The first-order valence-corrected chi connectivity index (χ1v) is 6.90. The highest BCUT2D eigenvalue weighted by atomic mass is 16.6. The van der Waals surface area contributed by atoms with E-state index in [0.29, 0.717) is 17.1 Å². The van der Waals surface area contributed by atoms with Crippen molar-refractivity contribution in [3.05, 3.63) is 29.8 Å². The lowest BCUT2D eigenvalue weighted by Crippen LogP contribution is -2.26. The Kier molecular flexibility index (Phi) is 5.43. The van der Waals surface area contributed by atoms with Gasteiger partial charge in [-0.1, -0.05) is 32.9 Å². The Morgan fingerprint density at radius 1 is 1.15 bits per heavy atom. The van der Waals surface area contributed by atoms with Crippen molar-refractivity contribution in [3.63, 3.8) is 0 Å². The van der Waals surface area contributed by atoms with Gasteiger partial charge in [-0.25, -0.2) is 4.79 Å². The van der Waals surface area contributed by atoms with Crippen LogP contribution in [0.4, 0.5) is 4.79 Å². The topological polar surface area (TPSA) is 77.8 Å². The second kappa shape index (κ2) is 6.64. The number of hydrogen-bond acceptors (Lipinski definition) is 2. The standard InChI is InChI=1S/C15H22O.CH2O3/c1-11-8-13(10-15(2,3)9-11)12-4-6-14(16)7-5-12;2-1(3)4/h4-7,11,13,16H,8-10H2,1-3H3;(H2,2,3,4). The van der Waals surface area contributed by atoms with Gasteiger partial charge in [0.2, 0.25) is 0 Å². The molecule has 0 bridgehead atoms. The summed E-state index contributed by atoms with van der Waals surface area (Å²) in [4.78, 5) is 8.56. The molecule has 0 amide bonds. The van der Waals surface area contributed by atoms with E-state index < -0.39 is 6.16 Å². The fourth-order valence-corrected chi connectivity index (χ4v) is 3.35. The summed E-state index contributed by atoms with van der Waals surface area (Å²) in [6.07, 6.45) is 2.05. The van der Waals surface area contributed by atoms with Crippen LogP contribution in [0.5, 0.6) is 5.75 Å². The highest BCUT2D eigenvalue weighted by molar-refractivity contribution is 5.53. The van der Waals surface area contributed by atoms with Crippen molar-refractivity contribution in [2.45, 2.75) is 46.0 Å². The Bertz CT molecular complexity index is 432. The van der Waals surface area contributed by atoms with Gasteiger partial charge in [-0.3, -0.25) is 0 Å². The van der Waals surface area contributed by atoms with Crippen LogP contribution in [0.1, 0.15) is 51.5 Å². The highest BCUT2D eigenvalue weighted by Crippen LogP contribution is 2.45. The van der Waals surface area contributed by atoms with Gasteiger partial charge in [0.1, 0.15) is 5.75 Å². The number of rotatable bonds is 1. The van der Waals surface area contributed by atoms with Crippen LogP contribution >= 0.6 is 0 Å². The molecule has 0 aromatic heterocycles. The molecular weight excluding hydrogens is 256 g/mol. The van der Waals surface area contributed by atoms with Crippen molar-refractivity contribution < 1.29 is 20.1 Å². The number of hydrogen-bond donors (Lipinski definition) is 3. The second-order valence-corrected chi connectivity index (χ2v) is 6.48. The van der Waals surface area contributed by atoms with Crippen LogP contribution in [-0.2, 0) is 0 Å². The van der Waals surface area contributed by atoms with E-state index >= 15 is 0 Å². The third kappa shape index (κ3) is 5.51. The van der Waals surface area contributed by atoms with Gasteiger partial charge in [0.15, 0.2) is 0 Å². The molecule has 0 saturated heterocycles. The predicted molar refractivity (Wildman–Crippen MR) is 78.3 cm³/mol. The van der Waals surface area contributed by atoms with E-state index in [4.69, 9.17) is 15.0 Å². The van der Waals surface area contributed by atoms with Crippen molar-refractivity contribution in [2.75, 3.05) is 0 Å². The van der Waals surface area contributed by atoms with Gasteiger partial charge in [0, 0.05) is 0 Å². The first kappa shape index (κ1) is 16.3. The molecule has 0 aliphatic heterocycles. The Balaban J connectivity index is 0.000000444. The normalized spacial score (nSPS) is 24.4. The number of benzene rings is 1. The second-order valence-electron chi connectivity index (χ2n) is 6.48. The summed E-state index contributed by atoms with van der Waals surface area (Å²) in [5.74, 6) is 1.84. The van der Waals surface area contributed by atoms with Gasteiger partial charge in [-0.2, -0.15) is 0 Å². The van der Waals surface area contributed by atoms with Gasteiger partial charge >= 0.3 is 6.16 Å². The van der Waals surface area contributed by atoms with Gasteiger partial charge in [-0.15, -0.1) is 0 Å². The average Bonchev–Trinajstić information content (AvgIpc) is 2.26. The van der Waals surface area contributed by atoms with Crippen LogP contribution in [0.15, 0.2) is 24.3 Å². The fourth-order valence-electron chi connectivity index (χ4n) is 3.35. The van der Waals surface area contributed by atoms with Crippen LogP contribution in [-0.4, -0.2) is 21.5 Å². The number of carboxylic acid groups (broad SMARTS) is 2. The monoisotopic (exact) mass is 280 g/mol. The lowest BCUT2D eigenvalue weighted by molar-refractivity contribution is 0.137. The smallest absolute Gasteiger partial charge is 0.503 e. The first-order chi connectivity index (χ1) is 9.19. The molecule has 4 heteroatoms. The summed E-state index contributed by atoms with van der Waals surface area (Å²) in [6.45, 7) is 7.10. The molecule has 112 valence electrons. The Morgan fingerprint density at radius 3 is 2.10 bits per heavy atom. The number of phenolic OH excluding ortho intramolecular Hbond substituents is 1. The molecule has 2 rings (SSSR count). The molecule has 20 heavy (non-hydrogen) atoms. The number of carbonyl (C=O) groups is 1. The van der Waals surface area contributed by atoms with Gasteiger partial charge in [-0.05, 0) is 54.2 Å². The highest BCUT2D eigenvalue weighted by Gasteiger charge is 2.32. The van der Waals surface area contributed by atoms with Crippen molar-refractivity contribution >= 4 is 6.16 Å². The maximum absolute atomic E-state index is 9.31. The van der Waals surface area contributed by atoms with Gasteiger partial charge in [0.05, 0.1) is 0 Å². The minimum Gasteiger partial charge on any atom is -0.508 e. The van der Waals surface area contributed by atoms with Gasteiger partial charge < -0.3 is 15.3 Å². The zero-order valence-corrected chi connectivity index (χ0v) is 12.3. The zero-order chi connectivity index (χ0) is 15.3. The lowest BCUT2D eigenvalue weighted by atomic mass is 9.66. The average molecular weight is 280 g/mol. The molecule has 1 aliphatic rings. The molecule has 0 spiro atoms. The fraction of sp³-hybridized carbons (Fsp3) is 0.562. The van der Waals surface area contributed by atoms with E-state index in [2.05, 4.69) is 32.9 Å². The van der Waals surface area contributed by atoms with Crippen molar-refractivity contribution in [1.29, 1.82) is 0 Å². The summed E-state index contributed by atoms with van der Waals surface area (Å²) in [5.41, 5.74) is 1.85. The van der Waals surface area contributed by atoms with E-state index in [9.17, 15) is 5.11 Å². The summed E-state index contributed by atoms with van der Waals surface area (Å²) >= 11 is 0. The number of aromatic hydroxyl groups is 1. The molecule has 1 aromatic rings. The zero-order valence-electron chi connectivity index (χ0n) is 12.3. The minimum absolute atomic E-state index is 0.367. The maximum atomic E-state index is 9.31. The number of phenols is 1. The molecule has 1 fully saturated rings. The van der Waals surface area contributed by atoms with Crippen molar-refractivity contribution in [3.8, 4) is 5.75 Å². The van der Waals surface area contributed by atoms with Crippen molar-refractivity contribution in [2.24, 2.45) is 11.3 Å². The summed E-state index contributed by atoms with van der Waals surface area (Å²) in [7, 11) is 0. The molecule has 1 saturated carbocycles. The van der Waals surface area contributed by atoms with Gasteiger partial charge in [0.25, 0.3) is 0 Å². The Morgan fingerprint density at radius 2 is 1.65 bits per heavy atom. The Hall–Kier alpha value is -1.71. The molecule has 2 unspecified atom stereocenters. The maximum Gasteiger partial charge on any atom is 0.503 e. The molecule has 1 aromatic carbocycles. The largest absolute Gasteiger partial charge is 0.508 e. The van der Waals surface area contributed by atoms with Crippen LogP contribution in [0, 0.1) is 11.3 Å². The van der Waals surface area contributed by atoms with Crippen LogP contribution < -0.4 is 0 Å². The molecular formula is C16H24O4. The van der Waals surface area contributed by atoms with E-state index in [1.807, 2.05) is 12.1 Å². The van der Waals surface area contributed by atoms with E-state index in [1.165, 1.54) is 24.8 Å². The minimum atomic E-state index is -1.83. The summed E-state index contributed by atoms with van der Waals surface area (Å²) in [5, 5.41) is 23.3. The molecule has 0 radical (unpaired) electrons. The molecule has 3 N–H and O–H groups in total. The summed E-state index contributed by atoms with van der Waals surface area (Å²) in [6, 6.07) is 7.77. The molecule has 4 nitrogen and oxygen atoms in total. The van der Waals surface area contributed by atoms with Crippen LogP contribution in [0.25, 0.3) is 0 Å². The lowest BCUT2D eigenvalue weighted by Gasteiger charge is -2.39. The van der Waals surface area contributed by atoms with Crippen molar-refractivity contribution in [1.82, 2.24) is 0 Å². The van der Waals surface area contributed by atoms with E-state index in [-0.39, 0.29) is 0 Å². The quantitative estimate of drug-likeness (QED) is 0.705. The summed E-state index contributed by atoms with van der Waals surface area (Å²) < 4.78 is 0.